The van der Waals surface area contributed by atoms with Gasteiger partial charge < -0.3 is 10.4 Å². The van der Waals surface area contributed by atoms with Gasteiger partial charge in [-0.05, 0) is 48.9 Å². The largest absolute Gasteiger partial charge is 0.481 e. The Hall–Kier alpha value is -2.62. The molecule has 0 heterocycles. The molecular weight excluding hydrogens is 314 g/mol. The Balaban J connectivity index is 1.68. The minimum Gasteiger partial charge on any atom is -0.481 e. The standard InChI is InChI=1S/C21H23NO3/c23-19(24)11-10-16-8-4-9-18(14-16)22-20(25)21(12-5-13-21)15-17-6-2-1-3-7-17/h1-4,6-9,14H,5,10-13,15H2,(H,22,25)(H,23,24). The number of amides is 1. The first-order valence-corrected chi connectivity index (χ1v) is 8.74. The average molecular weight is 337 g/mol. The van der Waals surface area contributed by atoms with Gasteiger partial charge in [-0.25, -0.2) is 0 Å². The summed E-state index contributed by atoms with van der Waals surface area (Å²) in [7, 11) is 0. The lowest BCUT2D eigenvalue weighted by molar-refractivity contribution is -0.137. The predicted molar refractivity (Wildman–Crippen MR) is 97.5 cm³/mol. The third kappa shape index (κ3) is 4.27. The lowest BCUT2D eigenvalue weighted by atomic mass is 9.64. The highest BCUT2D eigenvalue weighted by molar-refractivity contribution is 5.96. The van der Waals surface area contributed by atoms with Crippen molar-refractivity contribution in [2.24, 2.45) is 5.41 Å². The summed E-state index contributed by atoms with van der Waals surface area (Å²) in [4.78, 5) is 23.6. The van der Waals surface area contributed by atoms with E-state index in [9.17, 15) is 9.59 Å². The highest BCUT2D eigenvalue weighted by atomic mass is 16.4. The quantitative estimate of drug-likeness (QED) is 0.801. The second kappa shape index (κ2) is 7.51. The molecule has 0 bridgehead atoms. The number of nitrogens with one attached hydrogen (secondary N) is 1. The van der Waals surface area contributed by atoms with Crippen LogP contribution in [0.2, 0.25) is 0 Å². The van der Waals surface area contributed by atoms with E-state index >= 15 is 0 Å². The van der Waals surface area contributed by atoms with E-state index in [1.807, 2.05) is 42.5 Å². The predicted octanol–water partition coefficient (Wildman–Crippen LogP) is 4.06. The summed E-state index contributed by atoms with van der Waals surface area (Å²) in [6.45, 7) is 0. The molecule has 0 atom stereocenters. The van der Waals surface area contributed by atoms with Crippen LogP contribution in [-0.4, -0.2) is 17.0 Å². The lowest BCUT2D eigenvalue weighted by Crippen LogP contribution is -2.43. The van der Waals surface area contributed by atoms with Gasteiger partial charge in [0.2, 0.25) is 5.91 Å². The maximum Gasteiger partial charge on any atom is 0.303 e. The van der Waals surface area contributed by atoms with E-state index in [0.717, 1.165) is 36.9 Å². The van der Waals surface area contributed by atoms with Crippen LogP contribution in [-0.2, 0) is 22.4 Å². The molecule has 0 aromatic heterocycles. The molecule has 0 spiro atoms. The van der Waals surface area contributed by atoms with Crippen molar-refractivity contribution in [1.82, 2.24) is 0 Å². The molecule has 0 saturated heterocycles. The number of aliphatic carboxylic acids is 1. The Morgan fingerprint density at radius 3 is 2.36 bits per heavy atom. The van der Waals surface area contributed by atoms with Gasteiger partial charge in [-0.2, -0.15) is 0 Å². The number of hydrogen-bond donors (Lipinski definition) is 2. The van der Waals surface area contributed by atoms with E-state index in [1.54, 1.807) is 0 Å². The molecule has 4 nitrogen and oxygen atoms in total. The van der Waals surface area contributed by atoms with E-state index in [4.69, 9.17) is 5.11 Å². The van der Waals surface area contributed by atoms with E-state index in [-0.39, 0.29) is 17.7 Å². The Bertz CT molecular complexity index is 751. The van der Waals surface area contributed by atoms with Gasteiger partial charge in [0.05, 0.1) is 5.41 Å². The molecule has 0 unspecified atom stereocenters. The molecule has 2 N–H and O–H groups in total. The minimum absolute atomic E-state index is 0.0676. The van der Waals surface area contributed by atoms with Crippen molar-refractivity contribution in [3.8, 4) is 0 Å². The van der Waals surface area contributed by atoms with Gasteiger partial charge in [-0.15, -0.1) is 0 Å². The Labute approximate surface area is 147 Å². The summed E-state index contributed by atoms with van der Waals surface area (Å²) in [5.74, 6) is -0.747. The van der Waals surface area contributed by atoms with Crippen LogP contribution < -0.4 is 5.32 Å². The first-order chi connectivity index (χ1) is 12.1. The number of benzene rings is 2. The van der Waals surface area contributed by atoms with Gasteiger partial charge in [0.25, 0.3) is 0 Å². The molecule has 1 aliphatic rings. The molecule has 0 radical (unpaired) electrons. The molecule has 130 valence electrons. The molecule has 2 aromatic rings. The molecular formula is C21H23NO3. The Morgan fingerprint density at radius 1 is 1.00 bits per heavy atom. The van der Waals surface area contributed by atoms with Crippen molar-refractivity contribution in [1.29, 1.82) is 0 Å². The summed E-state index contributed by atoms with van der Waals surface area (Å²) < 4.78 is 0. The number of hydrogen-bond acceptors (Lipinski definition) is 2. The summed E-state index contributed by atoms with van der Waals surface area (Å²) in [5.41, 5.74) is 2.53. The number of carboxylic acids is 1. The monoisotopic (exact) mass is 337 g/mol. The fraction of sp³-hybridized carbons (Fsp3) is 0.333. The van der Waals surface area contributed by atoms with Gasteiger partial charge in [0.15, 0.2) is 0 Å². The zero-order valence-electron chi connectivity index (χ0n) is 14.2. The highest BCUT2D eigenvalue weighted by Gasteiger charge is 2.43. The van der Waals surface area contributed by atoms with Gasteiger partial charge in [-0.1, -0.05) is 48.9 Å². The highest BCUT2D eigenvalue weighted by Crippen LogP contribution is 2.44. The summed E-state index contributed by atoms with van der Waals surface area (Å²) in [6, 6.07) is 17.6. The molecule has 25 heavy (non-hydrogen) atoms. The minimum atomic E-state index is -0.814. The van der Waals surface area contributed by atoms with Gasteiger partial charge in [0.1, 0.15) is 0 Å². The van der Waals surface area contributed by atoms with Crippen molar-refractivity contribution < 1.29 is 14.7 Å². The average Bonchev–Trinajstić information content (AvgIpc) is 2.57. The molecule has 3 rings (SSSR count). The zero-order valence-corrected chi connectivity index (χ0v) is 14.2. The van der Waals surface area contributed by atoms with Crippen LogP contribution in [0.25, 0.3) is 0 Å². The normalized spacial score (nSPS) is 15.2. The summed E-state index contributed by atoms with van der Waals surface area (Å²) in [6.07, 6.45) is 4.22. The Kier molecular flexibility index (Phi) is 5.17. The lowest BCUT2D eigenvalue weighted by Gasteiger charge is -2.40. The first kappa shape index (κ1) is 17.2. The van der Waals surface area contributed by atoms with Crippen LogP contribution in [0.1, 0.15) is 36.8 Å². The number of carbonyl (C=O) groups excluding carboxylic acids is 1. The van der Waals surface area contributed by atoms with E-state index < -0.39 is 5.97 Å². The van der Waals surface area contributed by atoms with Crippen molar-refractivity contribution in [2.45, 2.75) is 38.5 Å². The third-order valence-electron chi connectivity index (χ3n) is 4.99. The van der Waals surface area contributed by atoms with E-state index in [0.29, 0.717) is 6.42 Å². The van der Waals surface area contributed by atoms with Crippen LogP contribution in [0, 0.1) is 5.41 Å². The Morgan fingerprint density at radius 2 is 1.72 bits per heavy atom. The van der Waals surface area contributed by atoms with E-state index in [1.165, 1.54) is 5.56 Å². The fourth-order valence-electron chi connectivity index (χ4n) is 3.39. The number of aryl methyl sites for hydroxylation is 1. The first-order valence-electron chi connectivity index (χ1n) is 8.74. The maximum atomic E-state index is 12.9. The number of anilines is 1. The molecule has 1 aliphatic carbocycles. The van der Waals surface area contributed by atoms with Crippen LogP contribution in [0.3, 0.4) is 0 Å². The smallest absolute Gasteiger partial charge is 0.303 e. The second-order valence-corrected chi connectivity index (χ2v) is 6.84. The zero-order chi connectivity index (χ0) is 17.7. The van der Waals surface area contributed by atoms with Crippen LogP contribution >= 0.6 is 0 Å². The molecule has 2 aromatic carbocycles. The van der Waals surface area contributed by atoms with E-state index in [2.05, 4.69) is 17.4 Å². The number of rotatable bonds is 7. The van der Waals surface area contributed by atoms with Crippen molar-refractivity contribution >= 4 is 17.6 Å². The number of carboxylic acid groups (broad SMARTS) is 1. The van der Waals surface area contributed by atoms with Crippen LogP contribution in [0.15, 0.2) is 54.6 Å². The third-order valence-corrected chi connectivity index (χ3v) is 4.99. The SMILES string of the molecule is O=C(O)CCc1cccc(NC(=O)C2(Cc3ccccc3)CCC2)c1. The van der Waals surface area contributed by atoms with Crippen LogP contribution in [0.5, 0.6) is 0 Å². The second-order valence-electron chi connectivity index (χ2n) is 6.84. The summed E-state index contributed by atoms with van der Waals surface area (Å²) in [5, 5.41) is 11.9. The molecule has 0 aliphatic heterocycles. The van der Waals surface area contributed by atoms with Crippen molar-refractivity contribution in [3.05, 3.63) is 65.7 Å². The van der Waals surface area contributed by atoms with Gasteiger partial charge >= 0.3 is 5.97 Å². The topological polar surface area (TPSA) is 66.4 Å². The summed E-state index contributed by atoms with van der Waals surface area (Å²) >= 11 is 0. The van der Waals surface area contributed by atoms with Gasteiger partial charge in [-0.3, -0.25) is 9.59 Å². The fourth-order valence-corrected chi connectivity index (χ4v) is 3.39. The van der Waals surface area contributed by atoms with Gasteiger partial charge in [0, 0.05) is 12.1 Å². The van der Waals surface area contributed by atoms with Crippen molar-refractivity contribution in [3.63, 3.8) is 0 Å². The molecule has 4 heteroatoms. The molecule has 1 amide bonds. The number of carbonyl (C=O) groups is 2. The molecule has 1 saturated carbocycles. The van der Waals surface area contributed by atoms with Crippen molar-refractivity contribution in [2.75, 3.05) is 5.32 Å². The van der Waals surface area contributed by atoms with Crippen LogP contribution in [0.4, 0.5) is 5.69 Å². The molecule has 1 fully saturated rings. The maximum absolute atomic E-state index is 12.9.